The van der Waals surface area contributed by atoms with Gasteiger partial charge in [-0.15, -0.1) is 0 Å². The lowest BCUT2D eigenvalue weighted by molar-refractivity contribution is -0.116. The zero-order valence-electron chi connectivity index (χ0n) is 14.8. The topological polar surface area (TPSA) is 58.4 Å². The van der Waals surface area contributed by atoms with Gasteiger partial charge in [0.1, 0.15) is 0 Å². The third-order valence-electron chi connectivity index (χ3n) is 4.14. The first-order chi connectivity index (χ1) is 11.5. The van der Waals surface area contributed by atoms with Crippen molar-refractivity contribution in [3.05, 3.63) is 53.6 Å². The summed E-state index contributed by atoms with van der Waals surface area (Å²) in [5.41, 5.74) is 11.1. The number of carbonyl (C=O) groups excluding carboxylic acids is 1. The Morgan fingerprint density at radius 3 is 2.50 bits per heavy atom. The number of hydrogen-bond donors (Lipinski definition) is 2. The number of amides is 1. The molecular formula is C20H27N3O. The van der Waals surface area contributed by atoms with Crippen molar-refractivity contribution in [2.24, 2.45) is 0 Å². The van der Waals surface area contributed by atoms with Crippen LogP contribution >= 0.6 is 0 Å². The monoisotopic (exact) mass is 325 g/mol. The summed E-state index contributed by atoms with van der Waals surface area (Å²) in [4.78, 5) is 14.3. The number of nitrogens with zero attached hydrogens (tertiary/aromatic N) is 1. The second kappa shape index (κ2) is 8.39. The molecule has 1 amide bonds. The van der Waals surface area contributed by atoms with Gasteiger partial charge in [-0.2, -0.15) is 0 Å². The van der Waals surface area contributed by atoms with E-state index in [0.29, 0.717) is 12.8 Å². The molecule has 0 aliphatic rings. The van der Waals surface area contributed by atoms with Crippen molar-refractivity contribution in [1.82, 2.24) is 0 Å². The maximum atomic E-state index is 12.1. The summed E-state index contributed by atoms with van der Waals surface area (Å²) >= 11 is 0. The highest BCUT2D eigenvalue weighted by molar-refractivity contribution is 5.90. The summed E-state index contributed by atoms with van der Waals surface area (Å²) < 4.78 is 0. The van der Waals surface area contributed by atoms with E-state index in [1.807, 2.05) is 37.3 Å². The van der Waals surface area contributed by atoms with Gasteiger partial charge >= 0.3 is 0 Å². The van der Waals surface area contributed by atoms with Crippen molar-refractivity contribution < 1.29 is 4.79 Å². The molecule has 0 bridgehead atoms. The van der Waals surface area contributed by atoms with Crippen LogP contribution in [0.2, 0.25) is 0 Å². The van der Waals surface area contributed by atoms with Gasteiger partial charge in [0, 0.05) is 25.2 Å². The van der Waals surface area contributed by atoms with Gasteiger partial charge in [-0.05, 0) is 62.6 Å². The van der Waals surface area contributed by atoms with Crippen LogP contribution in [0.1, 0.15) is 31.4 Å². The Morgan fingerprint density at radius 2 is 1.88 bits per heavy atom. The second-order valence-electron chi connectivity index (χ2n) is 5.98. The van der Waals surface area contributed by atoms with E-state index in [1.165, 1.54) is 0 Å². The lowest BCUT2D eigenvalue weighted by atomic mass is 10.1. The molecule has 0 aromatic heterocycles. The lowest BCUT2D eigenvalue weighted by Crippen LogP contribution is -2.23. The first kappa shape index (κ1) is 17.9. The zero-order chi connectivity index (χ0) is 17.5. The normalized spacial score (nSPS) is 10.5. The maximum absolute atomic E-state index is 12.1. The van der Waals surface area contributed by atoms with Gasteiger partial charge in [0.05, 0.1) is 11.4 Å². The Morgan fingerprint density at radius 1 is 1.12 bits per heavy atom. The molecule has 4 nitrogen and oxygen atoms in total. The highest BCUT2D eigenvalue weighted by atomic mass is 16.1. The van der Waals surface area contributed by atoms with Gasteiger partial charge < -0.3 is 16.0 Å². The summed E-state index contributed by atoms with van der Waals surface area (Å²) in [5, 5.41) is 2.94. The van der Waals surface area contributed by atoms with Crippen molar-refractivity contribution >= 4 is 23.0 Å². The van der Waals surface area contributed by atoms with Crippen LogP contribution in [0.4, 0.5) is 17.1 Å². The number of nitrogens with one attached hydrogen (secondary N) is 1. The fraction of sp³-hybridized carbons (Fsp3) is 0.350. The molecule has 0 radical (unpaired) electrons. The molecule has 0 aliphatic heterocycles. The molecule has 0 unspecified atom stereocenters. The van der Waals surface area contributed by atoms with Crippen molar-refractivity contribution in [3.63, 3.8) is 0 Å². The van der Waals surface area contributed by atoms with Gasteiger partial charge in [0.25, 0.3) is 0 Å². The first-order valence-electron chi connectivity index (χ1n) is 8.53. The summed E-state index contributed by atoms with van der Waals surface area (Å²) in [7, 11) is 0. The summed E-state index contributed by atoms with van der Waals surface area (Å²) in [6, 6.07) is 13.9. The molecule has 0 saturated heterocycles. The fourth-order valence-corrected chi connectivity index (χ4v) is 2.82. The van der Waals surface area contributed by atoms with Crippen LogP contribution in [0.3, 0.4) is 0 Å². The van der Waals surface area contributed by atoms with Gasteiger partial charge in [0.2, 0.25) is 5.91 Å². The quantitative estimate of drug-likeness (QED) is 0.757. The molecule has 0 atom stereocenters. The van der Waals surface area contributed by atoms with Crippen molar-refractivity contribution in [2.75, 3.05) is 29.0 Å². The van der Waals surface area contributed by atoms with Crippen molar-refractivity contribution in [3.8, 4) is 0 Å². The van der Waals surface area contributed by atoms with E-state index >= 15 is 0 Å². The third-order valence-corrected chi connectivity index (χ3v) is 4.14. The Hall–Kier alpha value is -2.49. The van der Waals surface area contributed by atoms with Crippen LogP contribution in [-0.2, 0) is 11.2 Å². The smallest absolute Gasteiger partial charge is 0.224 e. The van der Waals surface area contributed by atoms with Crippen molar-refractivity contribution in [1.29, 1.82) is 0 Å². The molecule has 3 N–H and O–H groups in total. The van der Waals surface area contributed by atoms with Crippen molar-refractivity contribution in [2.45, 2.75) is 33.6 Å². The molecule has 0 spiro atoms. The summed E-state index contributed by atoms with van der Waals surface area (Å²) in [5.74, 6) is 0.0204. The number of carbonyl (C=O) groups is 1. The number of benzene rings is 2. The minimum Gasteiger partial charge on any atom is -0.397 e. The average Bonchev–Trinajstić information content (AvgIpc) is 2.55. The number of nitrogens with two attached hydrogens (primary N) is 1. The Kier molecular flexibility index (Phi) is 6.24. The lowest BCUT2D eigenvalue weighted by Gasteiger charge is -2.23. The fourth-order valence-electron chi connectivity index (χ4n) is 2.82. The van der Waals surface area contributed by atoms with E-state index in [2.05, 4.69) is 36.2 Å². The molecule has 2 aromatic rings. The van der Waals surface area contributed by atoms with E-state index < -0.39 is 0 Å². The Labute approximate surface area is 144 Å². The average molecular weight is 325 g/mol. The maximum Gasteiger partial charge on any atom is 0.224 e. The molecule has 4 heteroatoms. The molecule has 2 aromatic carbocycles. The summed E-state index contributed by atoms with van der Waals surface area (Å²) in [6.45, 7) is 8.10. The van der Waals surface area contributed by atoms with Gasteiger partial charge in [0.15, 0.2) is 0 Å². The molecule has 0 fully saturated rings. The minimum absolute atomic E-state index is 0.0204. The molecule has 0 saturated carbocycles. The molecular weight excluding hydrogens is 298 g/mol. The van der Waals surface area contributed by atoms with E-state index in [-0.39, 0.29) is 5.91 Å². The van der Waals surface area contributed by atoms with E-state index in [4.69, 9.17) is 5.73 Å². The Balaban J connectivity index is 1.94. The van der Waals surface area contributed by atoms with Gasteiger partial charge in [-0.3, -0.25) is 4.79 Å². The van der Waals surface area contributed by atoms with Crippen LogP contribution in [-0.4, -0.2) is 19.0 Å². The van der Waals surface area contributed by atoms with Gasteiger partial charge in [-0.1, -0.05) is 18.2 Å². The van der Waals surface area contributed by atoms with Crippen LogP contribution in [0.25, 0.3) is 0 Å². The number of rotatable bonds is 7. The number of hydrogen-bond acceptors (Lipinski definition) is 3. The largest absolute Gasteiger partial charge is 0.397 e. The van der Waals surface area contributed by atoms with E-state index in [0.717, 1.165) is 41.3 Å². The number of anilines is 3. The highest BCUT2D eigenvalue weighted by Crippen LogP contribution is 2.24. The standard InChI is InChI=1S/C20H27N3O/c1-4-23(5-2)19-11-9-16(14-18(19)21)10-12-20(24)22-17-8-6-7-15(3)13-17/h6-9,11,13-14H,4-5,10,12,21H2,1-3H3,(H,22,24). The third kappa shape index (κ3) is 4.75. The van der Waals surface area contributed by atoms with E-state index in [9.17, 15) is 4.79 Å². The number of nitrogen functional groups attached to an aromatic ring is 1. The number of aryl methyl sites for hydroxylation is 2. The molecule has 0 heterocycles. The van der Waals surface area contributed by atoms with Crippen LogP contribution in [0.5, 0.6) is 0 Å². The molecule has 2 rings (SSSR count). The van der Waals surface area contributed by atoms with Crippen LogP contribution in [0, 0.1) is 6.92 Å². The van der Waals surface area contributed by atoms with Crippen LogP contribution in [0.15, 0.2) is 42.5 Å². The zero-order valence-corrected chi connectivity index (χ0v) is 14.8. The van der Waals surface area contributed by atoms with E-state index in [1.54, 1.807) is 0 Å². The predicted octanol–water partition coefficient (Wildman–Crippen LogP) is 3.99. The summed E-state index contributed by atoms with van der Waals surface area (Å²) in [6.07, 6.45) is 1.12. The Bertz CT molecular complexity index is 693. The second-order valence-corrected chi connectivity index (χ2v) is 5.98. The molecule has 0 aliphatic carbocycles. The van der Waals surface area contributed by atoms with Gasteiger partial charge in [-0.25, -0.2) is 0 Å². The molecule has 128 valence electrons. The molecule has 24 heavy (non-hydrogen) atoms. The van der Waals surface area contributed by atoms with Crippen LogP contribution < -0.4 is 16.0 Å². The first-order valence-corrected chi connectivity index (χ1v) is 8.53. The predicted molar refractivity (Wildman–Crippen MR) is 103 cm³/mol. The SMILES string of the molecule is CCN(CC)c1ccc(CCC(=O)Nc2cccc(C)c2)cc1N. The minimum atomic E-state index is 0.0204. The highest BCUT2D eigenvalue weighted by Gasteiger charge is 2.08.